The number of esters is 1. The number of hydrogen-bond donors (Lipinski definition) is 0. The summed E-state index contributed by atoms with van der Waals surface area (Å²) in [6.07, 6.45) is 7.29. The van der Waals surface area contributed by atoms with Crippen LogP contribution >= 0.6 is 0 Å². The Morgan fingerprint density at radius 3 is 3.00 bits per heavy atom. The number of allylic oxidation sites excluding steroid dienone is 2. The van der Waals surface area contributed by atoms with Gasteiger partial charge in [0.1, 0.15) is 0 Å². The van der Waals surface area contributed by atoms with Crippen molar-refractivity contribution in [2.75, 3.05) is 6.61 Å². The highest BCUT2D eigenvalue weighted by molar-refractivity contribution is 5.76. The first-order valence-electron chi connectivity index (χ1n) is 5.69. The Balaban J connectivity index is 1.76. The summed E-state index contributed by atoms with van der Waals surface area (Å²) in [5.41, 5.74) is 0. The molecule has 1 aliphatic heterocycles. The van der Waals surface area contributed by atoms with Crippen LogP contribution in [0, 0.1) is 35.5 Å². The number of rotatable bonds is 0. The first kappa shape index (κ1) is 7.49. The minimum atomic E-state index is 0.100. The van der Waals surface area contributed by atoms with E-state index in [9.17, 15) is 4.79 Å². The van der Waals surface area contributed by atoms with Crippen molar-refractivity contribution >= 4 is 5.97 Å². The molecule has 0 spiro atoms. The summed E-state index contributed by atoms with van der Waals surface area (Å²) in [5.74, 6) is 3.87. The Kier molecular flexibility index (Phi) is 1.20. The predicted octanol–water partition coefficient (Wildman–Crippen LogP) is 1.62. The molecule has 4 rings (SSSR count). The highest BCUT2D eigenvalue weighted by Gasteiger charge is 2.59. The largest absolute Gasteiger partial charge is 0.465 e. The Labute approximate surface area is 83.3 Å². The average Bonchev–Trinajstić information content (AvgIpc) is 2.84. The van der Waals surface area contributed by atoms with Gasteiger partial charge in [-0.05, 0) is 36.5 Å². The van der Waals surface area contributed by atoms with Gasteiger partial charge in [-0.3, -0.25) is 4.79 Å². The first-order chi connectivity index (χ1) is 6.84. The van der Waals surface area contributed by atoms with Crippen LogP contribution in [0.25, 0.3) is 0 Å². The van der Waals surface area contributed by atoms with E-state index >= 15 is 0 Å². The van der Waals surface area contributed by atoms with Crippen molar-refractivity contribution < 1.29 is 9.53 Å². The van der Waals surface area contributed by atoms with Gasteiger partial charge in [0.05, 0.1) is 12.5 Å². The third-order valence-electron chi connectivity index (χ3n) is 4.90. The molecule has 2 heteroatoms. The number of carbonyl (C=O) groups is 1. The minimum Gasteiger partial charge on any atom is -0.465 e. The molecule has 2 bridgehead atoms. The second-order valence-corrected chi connectivity index (χ2v) is 5.34. The maximum Gasteiger partial charge on any atom is 0.309 e. The van der Waals surface area contributed by atoms with Crippen LogP contribution in [-0.4, -0.2) is 12.6 Å². The van der Waals surface area contributed by atoms with Crippen LogP contribution in [0.4, 0.5) is 0 Å². The molecule has 6 unspecified atom stereocenters. The first-order valence-corrected chi connectivity index (χ1v) is 5.69. The van der Waals surface area contributed by atoms with Crippen LogP contribution in [0.5, 0.6) is 0 Å². The molecule has 0 amide bonds. The number of hydrogen-bond acceptors (Lipinski definition) is 2. The third-order valence-corrected chi connectivity index (χ3v) is 4.90. The van der Waals surface area contributed by atoms with Crippen LogP contribution in [0.1, 0.15) is 12.8 Å². The zero-order valence-electron chi connectivity index (χ0n) is 8.06. The number of cyclic esters (lactones) is 1. The summed E-state index contributed by atoms with van der Waals surface area (Å²) in [5, 5.41) is 0. The summed E-state index contributed by atoms with van der Waals surface area (Å²) in [6, 6.07) is 0. The molecule has 2 saturated carbocycles. The topological polar surface area (TPSA) is 26.3 Å². The molecule has 1 heterocycles. The van der Waals surface area contributed by atoms with Gasteiger partial charge in [0.2, 0.25) is 0 Å². The van der Waals surface area contributed by atoms with Gasteiger partial charge < -0.3 is 4.74 Å². The van der Waals surface area contributed by atoms with Gasteiger partial charge in [-0.1, -0.05) is 12.2 Å². The summed E-state index contributed by atoms with van der Waals surface area (Å²) >= 11 is 0. The molecule has 0 radical (unpaired) electrons. The Morgan fingerprint density at radius 1 is 1.21 bits per heavy atom. The van der Waals surface area contributed by atoms with Crippen LogP contribution in [0.15, 0.2) is 12.2 Å². The van der Waals surface area contributed by atoms with Crippen molar-refractivity contribution in [1.82, 2.24) is 0 Å². The lowest BCUT2D eigenvalue weighted by atomic mass is 9.81. The molecule has 0 aromatic heterocycles. The summed E-state index contributed by atoms with van der Waals surface area (Å²) in [4.78, 5) is 11.6. The van der Waals surface area contributed by atoms with Gasteiger partial charge in [0, 0.05) is 5.92 Å². The van der Waals surface area contributed by atoms with E-state index in [1.54, 1.807) is 0 Å². The monoisotopic (exact) mass is 190 g/mol. The highest BCUT2D eigenvalue weighted by Crippen LogP contribution is 2.61. The van der Waals surface area contributed by atoms with Gasteiger partial charge in [-0.2, -0.15) is 0 Å². The normalized spacial score (nSPS) is 57.6. The molecular formula is C12H14O2. The minimum absolute atomic E-state index is 0.100. The van der Waals surface area contributed by atoms with Crippen molar-refractivity contribution in [2.45, 2.75) is 12.8 Å². The lowest BCUT2D eigenvalue weighted by Gasteiger charge is -2.23. The SMILES string of the molecule is O=C1OCC2CC3C4C=CC(C4)C3C12. The van der Waals surface area contributed by atoms with E-state index in [1.165, 1.54) is 12.8 Å². The Bertz CT molecular complexity index is 333. The molecule has 3 fully saturated rings. The molecule has 1 saturated heterocycles. The maximum atomic E-state index is 11.6. The van der Waals surface area contributed by atoms with Gasteiger partial charge in [-0.25, -0.2) is 0 Å². The van der Waals surface area contributed by atoms with Crippen LogP contribution in [0.3, 0.4) is 0 Å². The quantitative estimate of drug-likeness (QED) is 0.428. The van der Waals surface area contributed by atoms with E-state index in [2.05, 4.69) is 12.2 Å². The van der Waals surface area contributed by atoms with Crippen LogP contribution < -0.4 is 0 Å². The summed E-state index contributed by atoms with van der Waals surface area (Å²) < 4.78 is 5.17. The fourth-order valence-corrected chi connectivity index (χ4v) is 4.44. The second-order valence-electron chi connectivity index (χ2n) is 5.34. The Morgan fingerprint density at radius 2 is 2.07 bits per heavy atom. The zero-order valence-corrected chi connectivity index (χ0v) is 8.06. The number of fused-ring (bicyclic) bond motifs is 7. The number of carbonyl (C=O) groups excluding carboxylic acids is 1. The second kappa shape index (κ2) is 2.23. The van der Waals surface area contributed by atoms with Crippen molar-refractivity contribution in [3.63, 3.8) is 0 Å². The van der Waals surface area contributed by atoms with Crippen molar-refractivity contribution in [3.05, 3.63) is 12.2 Å². The molecule has 0 aromatic carbocycles. The van der Waals surface area contributed by atoms with Crippen molar-refractivity contribution in [1.29, 1.82) is 0 Å². The fourth-order valence-electron chi connectivity index (χ4n) is 4.44. The molecule has 2 nitrogen and oxygen atoms in total. The van der Waals surface area contributed by atoms with E-state index in [1.807, 2.05) is 0 Å². The lowest BCUT2D eigenvalue weighted by molar-refractivity contribution is -0.143. The Hall–Kier alpha value is -0.790. The summed E-state index contributed by atoms with van der Waals surface area (Å²) in [7, 11) is 0. The standard InChI is InChI=1S/C12H14O2/c13-12-11-8(5-14-12)4-9-6-1-2-7(3-6)10(9)11/h1-2,6-11H,3-5H2. The molecule has 3 aliphatic carbocycles. The highest BCUT2D eigenvalue weighted by atomic mass is 16.5. The van der Waals surface area contributed by atoms with Crippen LogP contribution in [0.2, 0.25) is 0 Å². The molecule has 4 aliphatic rings. The lowest BCUT2D eigenvalue weighted by Crippen LogP contribution is -2.24. The van der Waals surface area contributed by atoms with E-state index in [0.717, 1.165) is 11.8 Å². The van der Waals surface area contributed by atoms with Crippen LogP contribution in [-0.2, 0) is 9.53 Å². The number of ether oxygens (including phenoxy) is 1. The summed E-state index contributed by atoms with van der Waals surface area (Å²) in [6.45, 7) is 0.704. The molecule has 74 valence electrons. The van der Waals surface area contributed by atoms with Crippen molar-refractivity contribution in [3.8, 4) is 0 Å². The van der Waals surface area contributed by atoms with Gasteiger partial charge >= 0.3 is 5.97 Å². The zero-order chi connectivity index (χ0) is 9.28. The maximum absolute atomic E-state index is 11.6. The van der Waals surface area contributed by atoms with E-state index in [-0.39, 0.29) is 11.9 Å². The van der Waals surface area contributed by atoms with E-state index < -0.39 is 0 Å². The van der Waals surface area contributed by atoms with Gasteiger partial charge in [-0.15, -0.1) is 0 Å². The molecule has 14 heavy (non-hydrogen) atoms. The van der Waals surface area contributed by atoms with Crippen molar-refractivity contribution in [2.24, 2.45) is 35.5 Å². The molecule has 0 N–H and O–H groups in total. The van der Waals surface area contributed by atoms with E-state index in [4.69, 9.17) is 4.74 Å². The predicted molar refractivity (Wildman–Crippen MR) is 50.3 cm³/mol. The fraction of sp³-hybridized carbons (Fsp3) is 0.750. The smallest absolute Gasteiger partial charge is 0.309 e. The van der Waals surface area contributed by atoms with Gasteiger partial charge in [0.25, 0.3) is 0 Å². The van der Waals surface area contributed by atoms with E-state index in [0.29, 0.717) is 24.4 Å². The average molecular weight is 190 g/mol. The van der Waals surface area contributed by atoms with Gasteiger partial charge in [0.15, 0.2) is 0 Å². The molecule has 6 atom stereocenters. The third kappa shape index (κ3) is 0.688. The molecular weight excluding hydrogens is 176 g/mol. The molecule has 0 aromatic rings.